The molecule has 8 heteroatoms. The number of thiazole rings is 1. The SMILES string of the molecule is CC(=O)Nc1ccc(-c2csc3nc(NC(=O)CC4CCCCC4)nn23)cc1. The van der Waals surface area contributed by atoms with Crippen molar-refractivity contribution in [3.63, 3.8) is 0 Å². The topological polar surface area (TPSA) is 88.4 Å². The number of carbonyl (C=O) groups is 2. The normalized spacial score (nSPS) is 14.9. The monoisotopic (exact) mass is 397 g/mol. The second kappa shape index (κ2) is 8.10. The van der Waals surface area contributed by atoms with E-state index >= 15 is 0 Å². The van der Waals surface area contributed by atoms with E-state index in [1.165, 1.54) is 37.5 Å². The molecular weight excluding hydrogens is 374 g/mol. The summed E-state index contributed by atoms with van der Waals surface area (Å²) in [5.41, 5.74) is 2.61. The highest BCUT2D eigenvalue weighted by Gasteiger charge is 2.19. The molecule has 1 aromatic carbocycles. The van der Waals surface area contributed by atoms with Crippen LogP contribution in [0.3, 0.4) is 0 Å². The van der Waals surface area contributed by atoms with Crippen molar-refractivity contribution in [1.82, 2.24) is 14.6 Å². The fourth-order valence-corrected chi connectivity index (χ4v) is 4.52. The number of amides is 2. The molecule has 2 N–H and O–H groups in total. The number of aromatic nitrogens is 3. The number of rotatable bonds is 5. The Balaban J connectivity index is 1.47. The number of nitrogens with one attached hydrogen (secondary N) is 2. The molecule has 0 saturated heterocycles. The fourth-order valence-electron chi connectivity index (χ4n) is 3.69. The third-order valence-corrected chi connectivity index (χ3v) is 5.85. The molecule has 1 saturated carbocycles. The minimum Gasteiger partial charge on any atom is -0.326 e. The Morgan fingerprint density at radius 3 is 2.61 bits per heavy atom. The Morgan fingerprint density at radius 1 is 1.14 bits per heavy atom. The third kappa shape index (κ3) is 4.22. The summed E-state index contributed by atoms with van der Waals surface area (Å²) in [5, 5.41) is 12.1. The smallest absolute Gasteiger partial charge is 0.250 e. The average molecular weight is 398 g/mol. The summed E-state index contributed by atoms with van der Waals surface area (Å²) < 4.78 is 1.74. The van der Waals surface area contributed by atoms with Gasteiger partial charge in [-0.2, -0.15) is 4.98 Å². The number of hydrogen-bond acceptors (Lipinski definition) is 5. The van der Waals surface area contributed by atoms with Crippen LogP contribution < -0.4 is 10.6 Å². The lowest BCUT2D eigenvalue weighted by molar-refractivity contribution is -0.117. The summed E-state index contributed by atoms with van der Waals surface area (Å²) >= 11 is 1.48. The molecule has 0 aliphatic heterocycles. The first-order valence-corrected chi connectivity index (χ1v) is 10.5. The van der Waals surface area contributed by atoms with Crippen LogP contribution in [0.5, 0.6) is 0 Å². The van der Waals surface area contributed by atoms with Gasteiger partial charge in [-0.05, 0) is 30.9 Å². The van der Waals surface area contributed by atoms with Gasteiger partial charge in [0.1, 0.15) is 0 Å². The highest BCUT2D eigenvalue weighted by molar-refractivity contribution is 7.15. The van der Waals surface area contributed by atoms with Crippen LogP contribution in [0, 0.1) is 5.92 Å². The lowest BCUT2D eigenvalue weighted by atomic mass is 9.87. The average Bonchev–Trinajstić information content (AvgIpc) is 3.23. The van der Waals surface area contributed by atoms with E-state index in [1.54, 1.807) is 4.52 Å². The van der Waals surface area contributed by atoms with Crippen LogP contribution in [0.2, 0.25) is 0 Å². The molecule has 2 amide bonds. The van der Waals surface area contributed by atoms with E-state index in [9.17, 15) is 9.59 Å². The first kappa shape index (κ1) is 18.6. The number of anilines is 2. The first-order valence-electron chi connectivity index (χ1n) is 9.60. The van der Waals surface area contributed by atoms with E-state index in [1.807, 2.05) is 29.6 Å². The highest BCUT2D eigenvalue weighted by atomic mass is 32.1. The lowest BCUT2D eigenvalue weighted by Gasteiger charge is -2.20. The Hall–Kier alpha value is -2.74. The maximum absolute atomic E-state index is 12.3. The third-order valence-electron chi connectivity index (χ3n) is 5.03. The van der Waals surface area contributed by atoms with Crippen LogP contribution in [0.25, 0.3) is 16.2 Å². The van der Waals surface area contributed by atoms with Gasteiger partial charge in [0.25, 0.3) is 0 Å². The van der Waals surface area contributed by atoms with E-state index in [2.05, 4.69) is 20.7 Å². The molecule has 2 heterocycles. The van der Waals surface area contributed by atoms with Gasteiger partial charge in [-0.25, -0.2) is 4.52 Å². The van der Waals surface area contributed by atoms with Gasteiger partial charge in [-0.3, -0.25) is 14.9 Å². The van der Waals surface area contributed by atoms with Crippen LogP contribution in [-0.2, 0) is 9.59 Å². The van der Waals surface area contributed by atoms with Crippen molar-refractivity contribution in [2.75, 3.05) is 10.6 Å². The summed E-state index contributed by atoms with van der Waals surface area (Å²) in [6, 6.07) is 7.56. The molecule has 0 radical (unpaired) electrons. The van der Waals surface area contributed by atoms with E-state index in [-0.39, 0.29) is 11.8 Å². The van der Waals surface area contributed by atoms with Gasteiger partial charge in [-0.1, -0.05) is 31.4 Å². The van der Waals surface area contributed by atoms with E-state index in [4.69, 9.17) is 0 Å². The zero-order valence-electron chi connectivity index (χ0n) is 15.8. The molecular formula is C20H23N5O2S. The molecule has 3 aromatic rings. The number of nitrogens with zero attached hydrogens (tertiary/aromatic N) is 3. The lowest BCUT2D eigenvalue weighted by Crippen LogP contribution is -2.19. The Labute approximate surface area is 167 Å². The van der Waals surface area contributed by atoms with Gasteiger partial charge in [0.2, 0.25) is 22.7 Å². The summed E-state index contributed by atoms with van der Waals surface area (Å²) in [7, 11) is 0. The molecule has 0 spiro atoms. The van der Waals surface area contributed by atoms with Gasteiger partial charge in [0, 0.05) is 30.0 Å². The van der Waals surface area contributed by atoms with Gasteiger partial charge < -0.3 is 5.32 Å². The Kier molecular flexibility index (Phi) is 5.38. The van der Waals surface area contributed by atoms with Gasteiger partial charge in [0.15, 0.2) is 0 Å². The molecule has 0 unspecified atom stereocenters. The second-order valence-corrected chi connectivity index (χ2v) is 8.10. The zero-order valence-corrected chi connectivity index (χ0v) is 16.6. The largest absolute Gasteiger partial charge is 0.326 e. The van der Waals surface area contributed by atoms with E-state index in [0.29, 0.717) is 18.3 Å². The number of benzene rings is 1. The van der Waals surface area contributed by atoms with Crippen molar-refractivity contribution in [3.8, 4) is 11.3 Å². The minimum atomic E-state index is -0.101. The van der Waals surface area contributed by atoms with Crippen LogP contribution in [0.1, 0.15) is 45.4 Å². The van der Waals surface area contributed by atoms with Crippen LogP contribution >= 0.6 is 11.3 Å². The molecule has 28 heavy (non-hydrogen) atoms. The standard InChI is InChI=1S/C20H23N5O2S/c1-13(26)21-16-9-7-15(8-10-16)17-12-28-20-23-19(24-25(17)20)22-18(27)11-14-5-3-2-4-6-14/h7-10,12,14H,2-6,11H2,1H3,(H,21,26)(H,22,24,27). The maximum atomic E-state index is 12.3. The zero-order chi connectivity index (χ0) is 19.5. The molecule has 0 atom stereocenters. The molecule has 1 aliphatic carbocycles. The maximum Gasteiger partial charge on any atom is 0.250 e. The quantitative estimate of drug-likeness (QED) is 0.671. The summed E-state index contributed by atoms with van der Waals surface area (Å²) in [5.74, 6) is 0.723. The molecule has 0 bridgehead atoms. The van der Waals surface area contributed by atoms with Crippen molar-refractivity contribution >= 4 is 39.7 Å². The van der Waals surface area contributed by atoms with Crippen LogP contribution in [-0.4, -0.2) is 26.4 Å². The molecule has 2 aromatic heterocycles. The predicted octanol–water partition coefficient (Wildman–Crippen LogP) is 4.33. The van der Waals surface area contributed by atoms with Crippen molar-refractivity contribution in [3.05, 3.63) is 29.6 Å². The van der Waals surface area contributed by atoms with Crippen molar-refractivity contribution < 1.29 is 9.59 Å². The fraction of sp³-hybridized carbons (Fsp3) is 0.400. The van der Waals surface area contributed by atoms with Crippen molar-refractivity contribution in [1.29, 1.82) is 0 Å². The second-order valence-electron chi connectivity index (χ2n) is 7.27. The summed E-state index contributed by atoms with van der Waals surface area (Å²) in [6.45, 7) is 1.48. The molecule has 1 fully saturated rings. The first-order chi connectivity index (χ1) is 13.6. The van der Waals surface area contributed by atoms with E-state index < -0.39 is 0 Å². The predicted molar refractivity (Wildman–Crippen MR) is 110 cm³/mol. The highest BCUT2D eigenvalue weighted by Crippen LogP contribution is 2.28. The number of carbonyl (C=O) groups excluding carboxylic acids is 2. The van der Waals surface area contributed by atoms with Gasteiger partial charge in [0.05, 0.1) is 5.69 Å². The summed E-state index contributed by atoms with van der Waals surface area (Å²) in [4.78, 5) is 28.6. The van der Waals surface area contributed by atoms with Gasteiger partial charge >= 0.3 is 0 Å². The number of hydrogen-bond donors (Lipinski definition) is 2. The van der Waals surface area contributed by atoms with Crippen molar-refractivity contribution in [2.24, 2.45) is 5.92 Å². The van der Waals surface area contributed by atoms with Gasteiger partial charge in [-0.15, -0.1) is 16.4 Å². The van der Waals surface area contributed by atoms with E-state index in [0.717, 1.165) is 34.7 Å². The van der Waals surface area contributed by atoms with Crippen molar-refractivity contribution in [2.45, 2.75) is 45.4 Å². The molecule has 1 aliphatic rings. The Morgan fingerprint density at radius 2 is 1.89 bits per heavy atom. The Bertz CT molecular complexity index is 986. The minimum absolute atomic E-state index is 0.00800. The molecule has 7 nitrogen and oxygen atoms in total. The molecule has 146 valence electrons. The molecule has 4 rings (SSSR count). The van der Waals surface area contributed by atoms with Crippen LogP contribution in [0.15, 0.2) is 29.6 Å². The summed E-state index contributed by atoms with van der Waals surface area (Å²) in [6.07, 6.45) is 6.55. The number of fused-ring (bicyclic) bond motifs is 1. The van der Waals surface area contributed by atoms with Crippen LogP contribution in [0.4, 0.5) is 11.6 Å².